The summed E-state index contributed by atoms with van der Waals surface area (Å²) in [5.41, 5.74) is 4.16. The first-order valence-corrected chi connectivity index (χ1v) is 8.88. The smallest absolute Gasteiger partial charge is 0.337 e. The summed E-state index contributed by atoms with van der Waals surface area (Å²) in [5.74, 6) is 0.483. The average Bonchev–Trinajstić information content (AvgIpc) is 3.10. The van der Waals surface area contributed by atoms with Gasteiger partial charge in [0.15, 0.2) is 0 Å². The van der Waals surface area contributed by atoms with E-state index < -0.39 is 0 Å². The van der Waals surface area contributed by atoms with Crippen LogP contribution in [0.5, 0.6) is 0 Å². The molecule has 0 saturated carbocycles. The van der Waals surface area contributed by atoms with Gasteiger partial charge >= 0.3 is 5.97 Å². The van der Waals surface area contributed by atoms with Crippen LogP contribution >= 0.6 is 15.9 Å². The number of ether oxygens (including phenoxy) is 1. The highest BCUT2D eigenvalue weighted by molar-refractivity contribution is 9.10. The van der Waals surface area contributed by atoms with Gasteiger partial charge in [-0.1, -0.05) is 46.3 Å². The lowest BCUT2D eigenvalue weighted by Crippen LogP contribution is -2.29. The zero-order valence-corrected chi connectivity index (χ0v) is 14.9. The summed E-state index contributed by atoms with van der Waals surface area (Å²) in [5, 5.41) is 3.69. The fourth-order valence-corrected chi connectivity index (χ4v) is 4.41. The van der Waals surface area contributed by atoms with Crippen molar-refractivity contribution in [1.82, 2.24) is 0 Å². The zero-order chi connectivity index (χ0) is 16.7. The number of fused-ring (bicyclic) bond motifs is 3. The average molecular weight is 384 g/mol. The summed E-state index contributed by atoms with van der Waals surface area (Å²) in [6.45, 7) is 0. The molecule has 2 aromatic carbocycles. The van der Waals surface area contributed by atoms with Crippen LogP contribution in [0.2, 0.25) is 0 Å². The maximum atomic E-state index is 11.9. The van der Waals surface area contributed by atoms with Gasteiger partial charge in [-0.2, -0.15) is 0 Å². The van der Waals surface area contributed by atoms with Crippen LogP contribution in [-0.4, -0.2) is 13.1 Å². The molecular weight excluding hydrogens is 366 g/mol. The largest absolute Gasteiger partial charge is 0.465 e. The number of carbonyl (C=O) groups is 1. The van der Waals surface area contributed by atoms with E-state index in [0.29, 0.717) is 17.4 Å². The molecular formula is C20H18BrNO2. The van der Waals surface area contributed by atoms with Crippen molar-refractivity contribution in [2.24, 2.45) is 5.92 Å². The van der Waals surface area contributed by atoms with Crippen LogP contribution < -0.4 is 5.32 Å². The van der Waals surface area contributed by atoms with E-state index in [2.05, 4.69) is 51.6 Å². The van der Waals surface area contributed by atoms with Crippen molar-refractivity contribution in [2.75, 3.05) is 12.4 Å². The minimum atomic E-state index is -0.288. The summed E-state index contributed by atoms with van der Waals surface area (Å²) < 4.78 is 5.99. The molecule has 1 aliphatic carbocycles. The Morgan fingerprint density at radius 1 is 1.21 bits per heavy atom. The van der Waals surface area contributed by atoms with Crippen molar-refractivity contribution in [2.45, 2.75) is 18.4 Å². The van der Waals surface area contributed by atoms with Gasteiger partial charge in [0.2, 0.25) is 0 Å². The molecule has 0 amide bonds. The first-order chi connectivity index (χ1) is 11.7. The number of halogens is 1. The van der Waals surface area contributed by atoms with Gasteiger partial charge in [-0.15, -0.1) is 0 Å². The number of anilines is 1. The standard InChI is InChI=1S/C20H18BrNO2/c1-24-20(23)12-9-10-18-16(11-12)13-6-4-7-14(13)19(22-18)15-5-2-3-8-17(15)21/h2-6,8-11,13-14,19,22H,7H2,1H3/t13-,14+,19+/m1/s1. The lowest BCUT2D eigenvalue weighted by atomic mass is 9.76. The van der Waals surface area contributed by atoms with Crippen LogP contribution in [0.4, 0.5) is 5.69 Å². The summed E-state index contributed by atoms with van der Waals surface area (Å²) >= 11 is 3.69. The number of allylic oxidation sites excluding steroid dienone is 2. The quantitative estimate of drug-likeness (QED) is 0.581. The summed E-state index contributed by atoms with van der Waals surface area (Å²) in [6, 6.07) is 14.4. The van der Waals surface area contributed by atoms with Gasteiger partial charge in [0, 0.05) is 16.1 Å². The van der Waals surface area contributed by atoms with E-state index in [4.69, 9.17) is 4.74 Å². The minimum Gasteiger partial charge on any atom is -0.465 e. The number of hydrogen-bond acceptors (Lipinski definition) is 3. The van der Waals surface area contributed by atoms with E-state index in [0.717, 1.165) is 16.6 Å². The van der Waals surface area contributed by atoms with Gasteiger partial charge in [0.25, 0.3) is 0 Å². The fraction of sp³-hybridized carbons (Fsp3) is 0.250. The molecule has 3 nitrogen and oxygen atoms in total. The molecule has 1 aliphatic heterocycles. The van der Waals surface area contributed by atoms with E-state index >= 15 is 0 Å². The van der Waals surface area contributed by atoms with Crippen molar-refractivity contribution in [1.29, 1.82) is 0 Å². The van der Waals surface area contributed by atoms with Crippen LogP contribution in [-0.2, 0) is 4.74 Å². The summed E-state index contributed by atoms with van der Waals surface area (Å²) in [6.07, 6.45) is 5.56. The van der Waals surface area contributed by atoms with Crippen molar-refractivity contribution in [3.8, 4) is 0 Å². The van der Waals surface area contributed by atoms with Crippen LogP contribution in [0.25, 0.3) is 0 Å². The molecule has 122 valence electrons. The monoisotopic (exact) mass is 383 g/mol. The molecule has 0 saturated heterocycles. The Kier molecular flexibility index (Phi) is 3.93. The zero-order valence-electron chi connectivity index (χ0n) is 13.3. The molecule has 0 spiro atoms. The number of carbonyl (C=O) groups excluding carboxylic acids is 1. The SMILES string of the molecule is COC(=O)c1ccc2c(c1)[C@@H]1C=CC[C@@H]1[C@@H](c1ccccc1Br)N2. The number of rotatable bonds is 2. The molecule has 4 rings (SSSR count). The second-order valence-corrected chi connectivity index (χ2v) is 7.14. The van der Waals surface area contributed by atoms with Crippen molar-refractivity contribution in [3.63, 3.8) is 0 Å². The molecule has 3 atom stereocenters. The van der Waals surface area contributed by atoms with Gasteiger partial charge in [-0.05, 0) is 47.7 Å². The van der Waals surface area contributed by atoms with E-state index in [1.54, 1.807) is 0 Å². The van der Waals surface area contributed by atoms with Gasteiger partial charge < -0.3 is 10.1 Å². The van der Waals surface area contributed by atoms with Crippen molar-refractivity contribution >= 4 is 27.6 Å². The highest BCUT2D eigenvalue weighted by atomic mass is 79.9. The Bertz CT molecular complexity index is 830. The van der Waals surface area contributed by atoms with Crippen LogP contribution in [0.15, 0.2) is 59.1 Å². The van der Waals surface area contributed by atoms with Crippen molar-refractivity contribution in [3.05, 3.63) is 75.8 Å². The highest BCUT2D eigenvalue weighted by Gasteiger charge is 2.38. The minimum absolute atomic E-state index is 0.247. The lowest BCUT2D eigenvalue weighted by molar-refractivity contribution is 0.0600. The lowest BCUT2D eigenvalue weighted by Gasteiger charge is -2.38. The normalized spacial score (nSPS) is 24.0. The molecule has 0 radical (unpaired) electrons. The Labute approximate surface area is 149 Å². The molecule has 2 aliphatic rings. The molecule has 1 N–H and O–H groups in total. The van der Waals surface area contributed by atoms with E-state index in [-0.39, 0.29) is 12.0 Å². The Hall–Kier alpha value is -2.07. The molecule has 4 heteroatoms. The summed E-state index contributed by atoms with van der Waals surface area (Å²) in [7, 11) is 1.42. The molecule has 0 bridgehead atoms. The van der Waals surface area contributed by atoms with Gasteiger partial charge in [-0.3, -0.25) is 0 Å². The predicted octanol–water partition coefficient (Wildman–Crippen LogP) is 5.06. The van der Waals surface area contributed by atoms with E-state index in [9.17, 15) is 4.79 Å². The predicted molar refractivity (Wildman–Crippen MR) is 98.3 cm³/mol. The van der Waals surface area contributed by atoms with Crippen molar-refractivity contribution < 1.29 is 9.53 Å². The third kappa shape index (κ3) is 2.46. The maximum Gasteiger partial charge on any atom is 0.337 e. The number of esters is 1. The fourth-order valence-electron chi connectivity index (χ4n) is 3.87. The van der Waals surface area contributed by atoms with Gasteiger partial charge in [-0.25, -0.2) is 4.79 Å². The first kappa shape index (κ1) is 15.5. The summed E-state index contributed by atoms with van der Waals surface area (Å²) in [4.78, 5) is 11.9. The maximum absolute atomic E-state index is 11.9. The van der Waals surface area contributed by atoms with Crippen LogP contribution in [0.3, 0.4) is 0 Å². The number of nitrogens with one attached hydrogen (secondary N) is 1. The second-order valence-electron chi connectivity index (χ2n) is 6.29. The van der Waals surface area contributed by atoms with E-state index in [1.165, 1.54) is 18.2 Å². The first-order valence-electron chi connectivity index (χ1n) is 8.09. The molecule has 24 heavy (non-hydrogen) atoms. The molecule has 0 aromatic heterocycles. The molecule has 2 aromatic rings. The van der Waals surface area contributed by atoms with E-state index in [1.807, 2.05) is 24.3 Å². The Morgan fingerprint density at radius 3 is 2.83 bits per heavy atom. The molecule has 0 unspecified atom stereocenters. The highest BCUT2D eigenvalue weighted by Crippen LogP contribution is 2.50. The van der Waals surface area contributed by atoms with Gasteiger partial charge in [0.1, 0.15) is 0 Å². The third-order valence-electron chi connectivity index (χ3n) is 5.02. The number of methoxy groups -OCH3 is 1. The van der Waals surface area contributed by atoms with Crippen LogP contribution in [0.1, 0.15) is 39.9 Å². The molecule has 1 heterocycles. The number of hydrogen-bond donors (Lipinski definition) is 1. The Morgan fingerprint density at radius 2 is 2.04 bits per heavy atom. The van der Waals surface area contributed by atoms with Crippen LogP contribution in [0, 0.1) is 5.92 Å². The topological polar surface area (TPSA) is 38.3 Å². The Balaban J connectivity index is 1.78. The second kappa shape index (κ2) is 6.10. The molecule has 0 fully saturated rings. The number of benzene rings is 2. The van der Waals surface area contributed by atoms with Gasteiger partial charge in [0.05, 0.1) is 18.7 Å². The third-order valence-corrected chi connectivity index (χ3v) is 5.75.